The zero-order valence-electron chi connectivity index (χ0n) is 23.9. The van der Waals surface area contributed by atoms with Crippen LogP contribution in [0.4, 0.5) is 32.0 Å². The molecule has 1 N–H and O–H groups in total. The molecule has 12 heteroatoms. The fourth-order valence-corrected chi connectivity index (χ4v) is 6.88. The number of amides is 1. The average Bonchev–Trinajstić information content (AvgIpc) is 3.46. The summed E-state index contributed by atoms with van der Waals surface area (Å²) in [5, 5.41) is 11.6. The maximum atomic E-state index is 14.2. The van der Waals surface area contributed by atoms with E-state index in [1.807, 2.05) is 13.0 Å². The van der Waals surface area contributed by atoms with Gasteiger partial charge in [0, 0.05) is 42.7 Å². The second-order valence-electron chi connectivity index (χ2n) is 12.6. The molecule has 2 aromatic carbocycles. The maximum Gasteiger partial charge on any atom is 0.416 e. The first-order valence-corrected chi connectivity index (χ1v) is 14.5. The molecule has 6 nitrogen and oxygen atoms in total. The minimum Gasteiger partial charge on any atom is -0.320 e. The van der Waals surface area contributed by atoms with E-state index in [0.29, 0.717) is 29.9 Å². The zero-order chi connectivity index (χ0) is 30.7. The van der Waals surface area contributed by atoms with Gasteiger partial charge in [-0.15, -0.1) is 10.2 Å². The number of nitrogens with one attached hydrogen (secondary N) is 1. The molecule has 1 amide bonds. The fourth-order valence-electron chi connectivity index (χ4n) is 6.88. The van der Waals surface area contributed by atoms with Gasteiger partial charge in [0.25, 0.3) is 5.91 Å². The van der Waals surface area contributed by atoms with Crippen LogP contribution in [0.1, 0.15) is 89.8 Å². The van der Waals surface area contributed by atoms with Gasteiger partial charge in [-0.2, -0.15) is 26.3 Å². The third kappa shape index (κ3) is 5.90. The van der Waals surface area contributed by atoms with Gasteiger partial charge < -0.3 is 14.8 Å². The van der Waals surface area contributed by atoms with Crippen LogP contribution in [0.25, 0.3) is 0 Å². The number of carbonyl (C=O) groups is 1. The van der Waals surface area contributed by atoms with Crippen molar-refractivity contribution in [1.82, 2.24) is 20.1 Å². The topological polar surface area (TPSA) is 63.1 Å². The molecule has 0 spiro atoms. The minimum absolute atomic E-state index is 0.0367. The summed E-state index contributed by atoms with van der Waals surface area (Å²) >= 11 is 0. The SMILES string of the molecule is Cn1cnnc1[C@@H](c1cccc(N2Cc3c(cc(CNC4(C)CCC4)cc3C(F)(F)F)C2=O)c1)C1CC(CC(F)(F)F)C1. The van der Waals surface area contributed by atoms with Crippen molar-refractivity contribution in [2.24, 2.45) is 18.9 Å². The summed E-state index contributed by atoms with van der Waals surface area (Å²) in [5.74, 6) is -0.914. The quantitative estimate of drug-likeness (QED) is 0.278. The first kappa shape index (κ1) is 29.7. The molecular formula is C31H33F6N5O. The Morgan fingerprint density at radius 2 is 1.84 bits per heavy atom. The molecule has 0 unspecified atom stereocenters. The van der Waals surface area contributed by atoms with E-state index in [0.717, 1.165) is 30.9 Å². The lowest BCUT2D eigenvalue weighted by atomic mass is 9.65. The number of halogens is 6. The van der Waals surface area contributed by atoms with Crippen LogP contribution in [0.2, 0.25) is 0 Å². The third-order valence-corrected chi connectivity index (χ3v) is 9.41. The van der Waals surface area contributed by atoms with Crippen LogP contribution in [0, 0.1) is 11.8 Å². The smallest absolute Gasteiger partial charge is 0.320 e. The Morgan fingerprint density at radius 3 is 2.44 bits per heavy atom. The predicted octanol–water partition coefficient (Wildman–Crippen LogP) is 7.14. The van der Waals surface area contributed by atoms with Gasteiger partial charge in [-0.3, -0.25) is 4.79 Å². The summed E-state index contributed by atoms with van der Waals surface area (Å²) in [7, 11) is 1.76. The van der Waals surface area contributed by atoms with E-state index < -0.39 is 36.2 Å². The van der Waals surface area contributed by atoms with E-state index in [4.69, 9.17) is 0 Å². The fraction of sp³-hybridized carbons (Fsp3) is 0.516. The molecule has 230 valence electrons. The lowest BCUT2D eigenvalue weighted by molar-refractivity contribution is -0.154. The van der Waals surface area contributed by atoms with Crippen molar-refractivity contribution in [3.05, 3.63) is 76.4 Å². The van der Waals surface area contributed by atoms with Crippen LogP contribution in [0.15, 0.2) is 42.7 Å². The molecule has 2 aliphatic carbocycles. The number of anilines is 1. The second-order valence-corrected chi connectivity index (χ2v) is 12.6. The molecule has 2 heterocycles. The van der Waals surface area contributed by atoms with Gasteiger partial charge in [0.2, 0.25) is 0 Å². The summed E-state index contributed by atoms with van der Waals surface area (Å²) in [6.45, 7) is 2.04. The standard InChI is InChI=1S/C31H33F6N5O/c1-29(7-4-8-29)38-15-19-11-23-24(25(12-19)31(35,36)37)16-42(28(23)43)22-6-3-5-20(13-22)26(27-40-39-17-41(27)2)21-9-18(10-21)14-30(32,33)34/h3,5-6,11-13,17-18,21,26,38H,4,7-10,14-16H2,1-2H3/t18?,21?,26-/m0/s1. The molecule has 1 aliphatic heterocycles. The molecule has 1 aromatic heterocycles. The number of aryl methyl sites for hydroxylation is 1. The molecule has 3 aliphatic rings. The van der Waals surface area contributed by atoms with Crippen LogP contribution in [0.3, 0.4) is 0 Å². The summed E-state index contributed by atoms with van der Waals surface area (Å²) in [6, 6.07) is 9.65. The number of aromatic nitrogens is 3. The molecule has 0 bridgehead atoms. The van der Waals surface area contributed by atoms with E-state index in [1.54, 1.807) is 35.9 Å². The molecule has 3 aromatic rings. The summed E-state index contributed by atoms with van der Waals surface area (Å²) in [4.78, 5) is 15.0. The Labute approximate surface area is 245 Å². The van der Waals surface area contributed by atoms with Crippen molar-refractivity contribution in [1.29, 1.82) is 0 Å². The minimum atomic E-state index is -4.63. The van der Waals surface area contributed by atoms with Gasteiger partial charge in [-0.25, -0.2) is 0 Å². The predicted molar refractivity (Wildman–Crippen MR) is 147 cm³/mol. The van der Waals surface area contributed by atoms with Crippen molar-refractivity contribution in [2.45, 2.75) is 82.3 Å². The normalized spacial score (nSPS) is 22.2. The van der Waals surface area contributed by atoms with Crippen LogP contribution in [-0.2, 0) is 26.3 Å². The Kier molecular flexibility index (Phi) is 7.34. The van der Waals surface area contributed by atoms with Crippen LogP contribution >= 0.6 is 0 Å². The molecule has 43 heavy (non-hydrogen) atoms. The average molecular weight is 606 g/mol. The van der Waals surface area contributed by atoms with Gasteiger partial charge in [-0.05, 0) is 91.8 Å². The van der Waals surface area contributed by atoms with Crippen molar-refractivity contribution in [3.63, 3.8) is 0 Å². The number of alkyl halides is 6. The van der Waals surface area contributed by atoms with Crippen LogP contribution in [-0.4, -0.2) is 32.4 Å². The van der Waals surface area contributed by atoms with Crippen molar-refractivity contribution < 1.29 is 31.1 Å². The van der Waals surface area contributed by atoms with Gasteiger partial charge in [0.1, 0.15) is 12.2 Å². The van der Waals surface area contributed by atoms with Gasteiger partial charge >= 0.3 is 12.4 Å². The Balaban J connectivity index is 1.29. The van der Waals surface area contributed by atoms with Crippen molar-refractivity contribution >= 4 is 11.6 Å². The highest BCUT2D eigenvalue weighted by Crippen LogP contribution is 2.50. The number of benzene rings is 2. The molecule has 0 saturated heterocycles. The summed E-state index contributed by atoms with van der Waals surface area (Å²) < 4.78 is 83.4. The Hall–Kier alpha value is -3.41. The van der Waals surface area contributed by atoms with E-state index in [2.05, 4.69) is 15.5 Å². The third-order valence-electron chi connectivity index (χ3n) is 9.41. The van der Waals surface area contributed by atoms with Crippen molar-refractivity contribution in [2.75, 3.05) is 4.90 Å². The second kappa shape index (κ2) is 10.6. The van der Waals surface area contributed by atoms with Gasteiger partial charge in [0.15, 0.2) is 0 Å². The molecule has 6 rings (SSSR count). The molecular weight excluding hydrogens is 572 g/mol. The largest absolute Gasteiger partial charge is 0.416 e. The lowest BCUT2D eigenvalue weighted by Crippen LogP contribution is -2.47. The first-order chi connectivity index (χ1) is 20.2. The molecule has 0 radical (unpaired) electrons. The Bertz CT molecular complexity index is 1520. The van der Waals surface area contributed by atoms with Crippen molar-refractivity contribution in [3.8, 4) is 0 Å². The van der Waals surface area contributed by atoms with E-state index >= 15 is 0 Å². The number of carbonyl (C=O) groups excluding carboxylic acids is 1. The number of rotatable bonds is 8. The first-order valence-electron chi connectivity index (χ1n) is 14.5. The highest BCUT2D eigenvalue weighted by molar-refractivity contribution is 6.10. The summed E-state index contributed by atoms with van der Waals surface area (Å²) in [6.07, 6.45) is -4.49. The van der Waals surface area contributed by atoms with E-state index in [-0.39, 0.29) is 41.6 Å². The number of hydrogen-bond acceptors (Lipinski definition) is 4. The lowest BCUT2D eigenvalue weighted by Gasteiger charge is -2.40. The number of fused-ring (bicyclic) bond motifs is 1. The van der Waals surface area contributed by atoms with E-state index in [1.165, 1.54) is 11.2 Å². The number of nitrogens with zero attached hydrogens (tertiary/aromatic N) is 4. The van der Waals surface area contributed by atoms with Gasteiger partial charge in [-0.1, -0.05) is 12.1 Å². The zero-order valence-corrected chi connectivity index (χ0v) is 23.9. The summed E-state index contributed by atoms with van der Waals surface area (Å²) in [5.41, 5.74) is 0.614. The number of hydrogen-bond donors (Lipinski definition) is 1. The molecule has 2 saturated carbocycles. The monoisotopic (exact) mass is 605 g/mol. The highest BCUT2D eigenvalue weighted by Gasteiger charge is 2.44. The van der Waals surface area contributed by atoms with Crippen LogP contribution < -0.4 is 10.2 Å². The van der Waals surface area contributed by atoms with Gasteiger partial charge in [0.05, 0.1) is 12.1 Å². The van der Waals surface area contributed by atoms with E-state index in [9.17, 15) is 31.1 Å². The van der Waals surface area contributed by atoms with Crippen LogP contribution in [0.5, 0.6) is 0 Å². The molecule has 1 atom stereocenters. The molecule has 2 fully saturated rings. The Morgan fingerprint density at radius 1 is 1.09 bits per heavy atom. The highest BCUT2D eigenvalue weighted by atomic mass is 19.4. The maximum absolute atomic E-state index is 14.2.